The van der Waals surface area contributed by atoms with E-state index in [1.165, 1.54) is 16.7 Å². The Bertz CT molecular complexity index is 467. The zero-order chi connectivity index (χ0) is 14.3. The van der Waals surface area contributed by atoms with Gasteiger partial charge in [0.05, 0.1) is 18.3 Å². The van der Waals surface area contributed by atoms with Crippen LogP contribution in [0.1, 0.15) is 49.1 Å². The standard InChI is InChI=1S/C17H26O2/c1-9-7-11(3)15(8-10(9)2)17(18)16-12(4)13(5)19-14(16)6/h7-8,12-14,16-18H,1-6H3. The lowest BCUT2D eigenvalue weighted by Crippen LogP contribution is -2.25. The summed E-state index contributed by atoms with van der Waals surface area (Å²) >= 11 is 0. The van der Waals surface area contributed by atoms with Crippen LogP contribution in [0.5, 0.6) is 0 Å². The predicted molar refractivity (Wildman–Crippen MR) is 78.3 cm³/mol. The van der Waals surface area contributed by atoms with Crippen molar-refractivity contribution in [3.63, 3.8) is 0 Å². The highest BCUT2D eigenvalue weighted by Crippen LogP contribution is 2.41. The molecule has 1 aromatic rings. The van der Waals surface area contributed by atoms with Gasteiger partial charge in [-0.2, -0.15) is 0 Å². The Morgan fingerprint density at radius 2 is 1.53 bits per heavy atom. The van der Waals surface area contributed by atoms with Crippen LogP contribution in [0.15, 0.2) is 12.1 Å². The van der Waals surface area contributed by atoms with Gasteiger partial charge in [-0.1, -0.05) is 19.1 Å². The third-order valence-corrected chi connectivity index (χ3v) is 4.88. The summed E-state index contributed by atoms with van der Waals surface area (Å²) in [7, 11) is 0. The molecule has 1 aliphatic heterocycles. The summed E-state index contributed by atoms with van der Waals surface area (Å²) < 4.78 is 5.86. The third-order valence-electron chi connectivity index (χ3n) is 4.88. The van der Waals surface area contributed by atoms with Gasteiger partial charge in [-0.15, -0.1) is 0 Å². The zero-order valence-corrected chi connectivity index (χ0v) is 12.9. The minimum atomic E-state index is -0.436. The van der Waals surface area contributed by atoms with E-state index in [0.29, 0.717) is 5.92 Å². The summed E-state index contributed by atoms with van der Waals surface area (Å²) in [4.78, 5) is 0. The van der Waals surface area contributed by atoms with E-state index in [1.807, 2.05) is 0 Å². The monoisotopic (exact) mass is 262 g/mol. The number of aliphatic hydroxyl groups is 1. The third kappa shape index (κ3) is 2.56. The van der Waals surface area contributed by atoms with Crippen LogP contribution in [0.3, 0.4) is 0 Å². The fourth-order valence-corrected chi connectivity index (χ4v) is 3.35. The molecular formula is C17H26O2. The number of ether oxygens (including phenoxy) is 1. The topological polar surface area (TPSA) is 29.5 Å². The van der Waals surface area contributed by atoms with E-state index in [4.69, 9.17) is 4.74 Å². The lowest BCUT2D eigenvalue weighted by atomic mass is 9.80. The Morgan fingerprint density at radius 1 is 0.947 bits per heavy atom. The van der Waals surface area contributed by atoms with Gasteiger partial charge in [0.15, 0.2) is 0 Å². The number of benzene rings is 1. The van der Waals surface area contributed by atoms with E-state index in [1.54, 1.807) is 0 Å². The number of aliphatic hydroxyl groups excluding tert-OH is 1. The number of hydrogen-bond acceptors (Lipinski definition) is 2. The molecule has 19 heavy (non-hydrogen) atoms. The number of aryl methyl sites for hydroxylation is 3. The van der Waals surface area contributed by atoms with Gasteiger partial charge in [0.2, 0.25) is 0 Å². The molecule has 0 aliphatic carbocycles. The average Bonchev–Trinajstić information content (AvgIpc) is 2.57. The highest BCUT2D eigenvalue weighted by Gasteiger charge is 2.41. The van der Waals surface area contributed by atoms with E-state index in [0.717, 1.165) is 5.56 Å². The summed E-state index contributed by atoms with van der Waals surface area (Å²) in [6.07, 6.45) is -0.100. The first-order chi connectivity index (χ1) is 8.82. The van der Waals surface area contributed by atoms with E-state index < -0.39 is 6.10 Å². The highest BCUT2D eigenvalue weighted by molar-refractivity contribution is 5.38. The fraction of sp³-hybridized carbons (Fsp3) is 0.647. The van der Waals surface area contributed by atoms with Crippen LogP contribution in [0.4, 0.5) is 0 Å². The molecule has 0 spiro atoms. The molecule has 2 nitrogen and oxygen atoms in total. The van der Waals surface area contributed by atoms with Gasteiger partial charge < -0.3 is 9.84 Å². The first-order valence-corrected chi connectivity index (χ1v) is 7.24. The quantitative estimate of drug-likeness (QED) is 0.880. The van der Waals surface area contributed by atoms with Crippen LogP contribution in [0, 0.1) is 32.6 Å². The van der Waals surface area contributed by atoms with Gasteiger partial charge in [-0.25, -0.2) is 0 Å². The summed E-state index contributed by atoms with van der Waals surface area (Å²) in [5.74, 6) is 0.557. The van der Waals surface area contributed by atoms with Crippen molar-refractivity contribution >= 4 is 0 Å². The smallest absolute Gasteiger partial charge is 0.0849 e. The molecule has 0 saturated carbocycles. The molecule has 1 aromatic carbocycles. The number of rotatable bonds is 2. The van der Waals surface area contributed by atoms with Crippen molar-refractivity contribution in [1.29, 1.82) is 0 Å². The van der Waals surface area contributed by atoms with Crippen molar-refractivity contribution in [2.24, 2.45) is 11.8 Å². The van der Waals surface area contributed by atoms with Gasteiger partial charge in [0.25, 0.3) is 0 Å². The molecule has 1 aliphatic rings. The fourth-order valence-electron chi connectivity index (χ4n) is 3.35. The van der Waals surface area contributed by atoms with Gasteiger partial charge >= 0.3 is 0 Å². The lowest BCUT2D eigenvalue weighted by molar-refractivity contribution is 0.0229. The van der Waals surface area contributed by atoms with Gasteiger partial charge in [0.1, 0.15) is 0 Å². The molecule has 0 amide bonds. The van der Waals surface area contributed by atoms with Crippen molar-refractivity contribution in [2.45, 2.75) is 59.9 Å². The Kier molecular flexibility index (Phi) is 4.03. The molecule has 0 aromatic heterocycles. The Balaban J connectivity index is 2.34. The van der Waals surface area contributed by atoms with E-state index in [-0.39, 0.29) is 18.1 Å². The number of hydrogen-bond donors (Lipinski definition) is 1. The van der Waals surface area contributed by atoms with Crippen molar-refractivity contribution in [3.05, 3.63) is 34.4 Å². The second-order valence-electron chi connectivity index (χ2n) is 6.22. The molecule has 1 saturated heterocycles. The normalized spacial score (nSPS) is 32.6. The molecular weight excluding hydrogens is 236 g/mol. The predicted octanol–water partition coefficient (Wildman–Crippen LogP) is 3.70. The van der Waals surface area contributed by atoms with Crippen LogP contribution in [0.25, 0.3) is 0 Å². The van der Waals surface area contributed by atoms with E-state index in [2.05, 4.69) is 53.7 Å². The van der Waals surface area contributed by atoms with Gasteiger partial charge in [-0.05, 0) is 62.8 Å². The maximum absolute atomic E-state index is 10.8. The average molecular weight is 262 g/mol. The van der Waals surface area contributed by atoms with E-state index >= 15 is 0 Å². The molecule has 1 fully saturated rings. The minimum absolute atomic E-state index is 0.112. The van der Waals surface area contributed by atoms with Crippen molar-refractivity contribution < 1.29 is 9.84 Å². The molecule has 2 heteroatoms. The summed E-state index contributed by atoms with van der Waals surface area (Å²) in [6.45, 7) is 12.7. The largest absolute Gasteiger partial charge is 0.388 e. The maximum Gasteiger partial charge on any atom is 0.0849 e. The Morgan fingerprint density at radius 3 is 2.05 bits per heavy atom. The molecule has 106 valence electrons. The molecule has 1 N–H and O–H groups in total. The summed E-state index contributed by atoms with van der Waals surface area (Å²) in [6, 6.07) is 4.31. The van der Waals surface area contributed by atoms with Crippen LogP contribution < -0.4 is 0 Å². The van der Waals surface area contributed by atoms with Crippen LogP contribution in [-0.4, -0.2) is 17.3 Å². The first kappa shape index (κ1) is 14.5. The Labute approximate surface area is 116 Å². The van der Waals surface area contributed by atoms with Crippen molar-refractivity contribution in [2.75, 3.05) is 0 Å². The lowest BCUT2D eigenvalue weighted by Gasteiger charge is -2.26. The molecule has 2 rings (SSSR count). The molecule has 5 unspecified atom stereocenters. The van der Waals surface area contributed by atoms with Gasteiger partial charge in [0, 0.05) is 5.92 Å². The van der Waals surface area contributed by atoms with Crippen LogP contribution in [-0.2, 0) is 4.74 Å². The van der Waals surface area contributed by atoms with Gasteiger partial charge in [-0.3, -0.25) is 0 Å². The maximum atomic E-state index is 10.8. The van der Waals surface area contributed by atoms with E-state index in [9.17, 15) is 5.11 Å². The Hall–Kier alpha value is -0.860. The van der Waals surface area contributed by atoms with Crippen LogP contribution in [0.2, 0.25) is 0 Å². The minimum Gasteiger partial charge on any atom is -0.388 e. The van der Waals surface area contributed by atoms with Crippen molar-refractivity contribution in [1.82, 2.24) is 0 Å². The molecule has 0 radical (unpaired) electrons. The van der Waals surface area contributed by atoms with Crippen molar-refractivity contribution in [3.8, 4) is 0 Å². The highest BCUT2D eigenvalue weighted by atomic mass is 16.5. The molecule has 0 bridgehead atoms. The SMILES string of the molecule is Cc1cc(C)c(C(O)C2C(C)OC(C)C2C)cc1C. The summed E-state index contributed by atoms with van der Waals surface area (Å²) in [5.41, 5.74) is 4.76. The zero-order valence-electron chi connectivity index (χ0n) is 12.9. The summed E-state index contributed by atoms with van der Waals surface area (Å²) in [5, 5.41) is 10.8. The second kappa shape index (κ2) is 5.26. The van der Waals surface area contributed by atoms with Crippen LogP contribution >= 0.6 is 0 Å². The second-order valence-corrected chi connectivity index (χ2v) is 6.22. The molecule has 5 atom stereocenters. The molecule has 1 heterocycles. The first-order valence-electron chi connectivity index (χ1n) is 7.24.